The van der Waals surface area contributed by atoms with E-state index in [0.29, 0.717) is 33.2 Å². The molecule has 0 aliphatic heterocycles. The Morgan fingerprint density at radius 2 is 1.93 bits per heavy atom. The Bertz CT molecular complexity index is 855. The van der Waals surface area contributed by atoms with Gasteiger partial charge < -0.3 is 15.2 Å². The Morgan fingerprint density at radius 3 is 2.66 bits per heavy atom. The van der Waals surface area contributed by atoms with E-state index in [1.807, 2.05) is 7.05 Å². The van der Waals surface area contributed by atoms with Gasteiger partial charge in [-0.05, 0) is 43.0 Å². The largest absolute Gasteiger partial charge is 0.352 e. The fraction of sp³-hybridized carbons (Fsp3) is 0.500. The number of halogens is 1. The lowest BCUT2D eigenvalue weighted by Gasteiger charge is -2.29. The van der Waals surface area contributed by atoms with Gasteiger partial charge in [-0.3, -0.25) is 9.59 Å². The van der Waals surface area contributed by atoms with Crippen LogP contribution < -0.4 is 10.6 Å². The highest BCUT2D eigenvalue weighted by atomic mass is 35.5. The second-order valence-corrected chi connectivity index (χ2v) is 8.75. The third-order valence-corrected chi connectivity index (χ3v) is 6.50. The van der Waals surface area contributed by atoms with Crippen molar-refractivity contribution in [3.63, 3.8) is 0 Å². The standard InChI is InChI=1S/C20H26ClN5O2S/c1-13-5-3-4-6-16(13)23-18(27)12-29-20-25-24-17(26(20)2)11-22-19(28)14-7-9-15(21)10-8-14/h7-10,13,16H,3-6,11-12H2,1-2H3,(H,22,28)(H,23,27)/t13-,16-/m0/s1. The highest BCUT2D eigenvalue weighted by molar-refractivity contribution is 7.99. The molecule has 2 atom stereocenters. The first-order valence-corrected chi connectivity index (χ1v) is 11.1. The van der Waals surface area contributed by atoms with Gasteiger partial charge in [0.25, 0.3) is 5.91 Å². The lowest BCUT2D eigenvalue weighted by molar-refractivity contribution is -0.119. The number of nitrogens with one attached hydrogen (secondary N) is 2. The number of benzene rings is 1. The minimum Gasteiger partial charge on any atom is -0.352 e. The van der Waals surface area contributed by atoms with E-state index in [1.165, 1.54) is 31.0 Å². The van der Waals surface area contributed by atoms with Gasteiger partial charge in [0.2, 0.25) is 5.91 Å². The lowest BCUT2D eigenvalue weighted by Crippen LogP contribution is -2.41. The van der Waals surface area contributed by atoms with Crippen molar-refractivity contribution in [2.75, 3.05) is 5.75 Å². The summed E-state index contributed by atoms with van der Waals surface area (Å²) >= 11 is 7.19. The van der Waals surface area contributed by atoms with Crippen LogP contribution in [0.15, 0.2) is 29.4 Å². The fourth-order valence-corrected chi connectivity index (χ4v) is 4.26. The number of amides is 2. The molecular weight excluding hydrogens is 410 g/mol. The molecule has 1 saturated carbocycles. The van der Waals surface area contributed by atoms with E-state index in [-0.39, 0.29) is 24.4 Å². The fourth-order valence-electron chi connectivity index (χ4n) is 3.40. The molecule has 1 aliphatic rings. The number of rotatable bonds is 7. The predicted octanol–water partition coefficient (Wildman–Crippen LogP) is 3.19. The average Bonchev–Trinajstić information content (AvgIpc) is 3.06. The van der Waals surface area contributed by atoms with Gasteiger partial charge in [-0.2, -0.15) is 0 Å². The highest BCUT2D eigenvalue weighted by Crippen LogP contribution is 2.24. The molecule has 1 aromatic carbocycles. The van der Waals surface area contributed by atoms with E-state index in [2.05, 4.69) is 27.8 Å². The summed E-state index contributed by atoms with van der Waals surface area (Å²) in [6, 6.07) is 6.96. The quantitative estimate of drug-likeness (QED) is 0.652. The number of thioether (sulfide) groups is 1. The van der Waals surface area contributed by atoms with Crippen LogP contribution in [0.2, 0.25) is 5.02 Å². The molecule has 1 aliphatic carbocycles. The van der Waals surface area contributed by atoms with Crippen molar-refractivity contribution in [1.29, 1.82) is 0 Å². The van der Waals surface area contributed by atoms with Crippen LogP contribution >= 0.6 is 23.4 Å². The normalized spacial score (nSPS) is 19.0. The van der Waals surface area contributed by atoms with Gasteiger partial charge in [-0.15, -0.1) is 10.2 Å². The minimum absolute atomic E-state index is 0.0225. The summed E-state index contributed by atoms with van der Waals surface area (Å²) in [6.07, 6.45) is 4.65. The van der Waals surface area contributed by atoms with Crippen molar-refractivity contribution in [3.05, 3.63) is 40.7 Å². The molecule has 0 bridgehead atoms. The summed E-state index contributed by atoms with van der Waals surface area (Å²) in [7, 11) is 1.83. The molecule has 1 aromatic heterocycles. The third kappa shape index (κ3) is 5.96. The second-order valence-electron chi connectivity index (χ2n) is 7.37. The topological polar surface area (TPSA) is 88.9 Å². The summed E-state index contributed by atoms with van der Waals surface area (Å²) in [5.41, 5.74) is 0.528. The van der Waals surface area contributed by atoms with E-state index in [1.54, 1.807) is 28.8 Å². The number of aromatic nitrogens is 3. The second kappa shape index (κ2) is 10.1. The Kier molecular flexibility index (Phi) is 7.55. The lowest BCUT2D eigenvalue weighted by atomic mass is 9.86. The number of hydrogen-bond acceptors (Lipinski definition) is 5. The van der Waals surface area contributed by atoms with Gasteiger partial charge in [0.1, 0.15) is 0 Å². The van der Waals surface area contributed by atoms with Crippen LogP contribution in [0.1, 0.15) is 48.8 Å². The molecule has 1 fully saturated rings. The van der Waals surface area contributed by atoms with Crippen LogP contribution in [0.25, 0.3) is 0 Å². The van der Waals surface area contributed by atoms with E-state index < -0.39 is 0 Å². The molecule has 156 valence electrons. The number of carbonyl (C=O) groups is 2. The zero-order valence-corrected chi connectivity index (χ0v) is 18.2. The Balaban J connectivity index is 1.48. The SMILES string of the molecule is C[C@H]1CCCC[C@@H]1NC(=O)CSc1nnc(CNC(=O)c2ccc(Cl)cc2)n1C. The van der Waals surface area contributed by atoms with Crippen LogP contribution in [0.3, 0.4) is 0 Å². The summed E-state index contributed by atoms with van der Waals surface area (Å²) in [4.78, 5) is 24.5. The molecule has 1 heterocycles. The number of carbonyl (C=O) groups excluding carboxylic acids is 2. The maximum Gasteiger partial charge on any atom is 0.251 e. The molecule has 7 nitrogen and oxygen atoms in total. The minimum atomic E-state index is -0.208. The van der Waals surface area contributed by atoms with E-state index in [4.69, 9.17) is 11.6 Å². The molecule has 3 rings (SSSR count). The van der Waals surface area contributed by atoms with Crippen molar-refractivity contribution in [2.24, 2.45) is 13.0 Å². The van der Waals surface area contributed by atoms with Gasteiger partial charge >= 0.3 is 0 Å². The Labute approximate surface area is 180 Å². The predicted molar refractivity (Wildman–Crippen MR) is 114 cm³/mol. The first kappa shape index (κ1) is 21.6. The molecule has 2 amide bonds. The zero-order chi connectivity index (χ0) is 20.8. The first-order chi connectivity index (χ1) is 13.9. The summed E-state index contributed by atoms with van der Waals surface area (Å²) < 4.78 is 1.79. The monoisotopic (exact) mass is 435 g/mol. The van der Waals surface area contributed by atoms with Gasteiger partial charge in [-0.25, -0.2) is 0 Å². The van der Waals surface area contributed by atoms with Crippen LogP contribution in [0, 0.1) is 5.92 Å². The molecule has 0 unspecified atom stereocenters. The average molecular weight is 436 g/mol. The summed E-state index contributed by atoms with van der Waals surface area (Å²) in [5.74, 6) is 1.26. The summed E-state index contributed by atoms with van der Waals surface area (Å²) in [6.45, 7) is 2.45. The van der Waals surface area contributed by atoms with E-state index in [9.17, 15) is 9.59 Å². The number of hydrogen-bond donors (Lipinski definition) is 2. The summed E-state index contributed by atoms with van der Waals surface area (Å²) in [5, 5.41) is 15.5. The smallest absolute Gasteiger partial charge is 0.251 e. The molecule has 2 aromatic rings. The molecular formula is C20H26ClN5O2S. The molecule has 2 N–H and O–H groups in total. The maximum atomic E-state index is 12.3. The molecule has 9 heteroatoms. The molecule has 0 saturated heterocycles. The van der Waals surface area contributed by atoms with Crippen LogP contribution in [-0.4, -0.2) is 38.4 Å². The maximum absolute atomic E-state index is 12.3. The third-order valence-electron chi connectivity index (χ3n) is 5.23. The molecule has 29 heavy (non-hydrogen) atoms. The van der Waals surface area contributed by atoms with Crippen molar-refractivity contribution < 1.29 is 9.59 Å². The highest BCUT2D eigenvalue weighted by Gasteiger charge is 2.23. The number of nitrogens with zero attached hydrogens (tertiary/aromatic N) is 3. The molecule has 0 radical (unpaired) electrons. The first-order valence-electron chi connectivity index (χ1n) is 9.78. The van der Waals surface area contributed by atoms with Crippen LogP contribution in [-0.2, 0) is 18.4 Å². The molecule has 0 spiro atoms. The van der Waals surface area contributed by atoms with Crippen molar-refractivity contribution in [3.8, 4) is 0 Å². The van der Waals surface area contributed by atoms with Crippen LogP contribution in [0.5, 0.6) is 0 Å². The van der Waals surface area contributed by atoms with Crippen molar-refractivity contribution >= 4 is 35.2 Å². The Hall–Kier alpha value is -2.06. The Morgan fingerprint density at radius 1 is 1.21 bits per heavy atom. The van der Waals surface area contributed by atoms with Gasteiger partial charge in [0.15, 0.2) is 11.0 Å². The van der Waals surface area contributed by atoms with Gasteiger partial charge in [0.05, 0.1) is 12.3 Å². The van der Waals surface area contributed by atoms with E-state index in [0.717, 1.165) is 6.42 Å². The van der Waals surface area contributed by atoms with E-state index >= 15 is 0 Å². The van der Waals surface area contributed by atoms with Crippen molar-refractivity contribution in [1.82, 2.24) is 25.4 Å². The zero-order valence-electron chi connectivity index (χ0n) is 16.7. The van der Waals surface area contributed by atoms with Gasteiger partial charge in [0, 0.05) is 23.7 Å². The van der Waals surface area contributed by atoms with Crippen molar-refractivity contribution in [2.45, 2.75) is 50.4 Å². The van der Waals surface area contributed by atoms with Gasteiger partial charge in [-0.1, -0.05) is 43.1 Å². The van der Waals surface area contributed by atoms with Crippen LogP contribution in [0.4, 0.5) is 0 Å².